The number of rotatable bonds is 4. The van der Waals surface area contributed by atoms with Crippen LogP contribution in [-0.2, 0) is 0 Å². The molecule has 0 fully saturated rings. The van der Waals surface area contributed by atoms with Crippen molar-refractivity contribution in [3.8, 4) is 5.75 Å². The Labute approximate surface area is 115 Å². The molecule has 4 nitrogen and oxygen atoms in total. The molecule has 100 valence electrons. The summed E-state index contributed by atoms with van der Waals surface area (Å²) in [5, 5.41) is 3.35. The van der Waals surface area contributed by atoms with E-state index >= 15 is 0 Å². The quantitative estimate of drug-likeness (QED) is 0.872. The molecule has 2 rings (SSSR count). The normalized spacial score (nSPS) is 12.0. The molecular weight excluding hydrogens is 269 g/mol. The zero-order chi connectivity index (χ0) is 13.8. The molecule has 0 amide bonds. The molecule has 0 bridgehead atoms. The molecule has 0 aliphatic heterocycles. The third-order valence-electron chi connectivity index (χ3n) is 2.67. The fraction of sp³-hybridized carbons (Fsp3) is 0.231. The minimum absolute atomic E-state index is 0.143. The van der Waals surface area contributed by atoms with Crippen molar-refractivity contribution in [1.82, 2.24) is 9.97 Å². The summed E-state index contributed by atoms with van der Waals surface area (Å²) in [6, 6.07) is 6.21. The average Bonchev–Trinajstić information content (AvgIpc) is 2.39. The summed E-state index contributed by atoms with van der Waals surface area (Å²) in [4.78, 5) is 7.91. The van der Waals surface area contributed by atoms with Crippen molar-refractivity contribution in [3.05, 3.63) is 47.1 Å². The number of anilines is 1. The standard InChI is InChI=1S/C13H13ClFN3O/c1-8(9-4-3-5-10(15)6-9)18-13-11(19-2)12(14)16-7-17-13/h3-8H,1-2H3,(H,16,17,18). The number of ether oxygens (including phenoxy) is 1. The lowest BCUT2D eigenvalue weighted by Crippen LogP contribution is -2.09. The maximum Gasteiger partial charge on any atom is 0.198 e. The molecule has 19 heavy (non-hydrogen) atoms. The first-order chi connectivity index (χ1) is 9.11. The van der Waals surface area contributed by atoms with Crippen LogP contribution in [0.4, 0.5) is 10.2 Å². The zero-order valence-corrected chi connectivity index (χ0v) is 11.3. The Bertz CT molecular complexity index is 580. The van der Waals surface area contributed by atoms with E-state index in [1.807, 2.05) is 13.0 Å². The number of nitrogens with one attached hydrogen (secondary N) is 1. The summed E-state index contributed by atoms with van der Waals surface area (Å²) in [5.41, 5.74) is 0.803. The van der Waals surface area contributed by atoms with Crippen molar-refractivity contribution in [2.75, 3.05) is 12.4 Å². The number of hydrogen-bond donors (Lipinski definition) is 1. The minimum Gasteiger partial charge on any atom is -0.490 e. The summed E-state index contributed by atoms with van der Waals surface area (Å²) in [6.45, 7) is 1.89. The van der Waals surface area contributed by atoms with E-state index < -0.39 is 0 Å². The van der Waals surface area contributed by atoms with Gasteiger partial charge in [0, 0.05) is 0 Å². The van der Waals surface area contributed by atoms with Gasteiger partial charge in [-0.3, -0.25) is 0 Å². The van der Waals surface area contributed by atoms with Gasteiger partial charge in [-0.2, -0.15) is 0 Å². The van der Waals surface area contributed by atoms with Gasteiger partial charge in [-0.05, 0) is 24.6 Å². The average molecular weight is 282 g/mol. The van der Waals surface area contributed by atoms with E-state index in [0.29, 0.717) is 11.6 Å². The second-order valence-electron chi connectivity index (χ2n) is 3.97. The van der Waals surface area contributed by atoms with Crippen LogP contribution in [0.25, 0.3) is 0 Å². The first-order valence-corrected chi connectivity index (χ1v) is 6.06. The van der Waals surface area contributed by atoms with Crippen LogP contribution in [0.3, 0.4) is 0 Å². The van der Waals surface area contributed by atoms with E-state index in [4.69, 9.17) is 16.3 Å². The van der Waals surface area contributed by atoms with Crippen molar-refractivity contribution in [2.45, 2.75) is 13.0 Å². The first kappa shape index (κ1) is 13.5. The van der Waals surface area contributed by atoms with Crippen LogP contribution < -0.4 is 10.1 Å². The molecule has 0 aliphatic carbocycles. The Kier molecular flexibility index (Phi) is 4.16. The van der Waals surface area contributed by atoms with E-state index in [2.05, 4.69) is 15.3 Å². The Hall–Kier alpha value is -1.88. The number of nitrogens with zero attached hydrogens (tertiary/aromatic N) is 2. The smallest absolute Gasteiger partial charge is 0.198 e. The van der Waals surface area contributed by atoms with Crippen LogP contribution in [0.2, 0.25) is 5.15 Å². The van der Waals surface area contributed by atoms with Gasteiger partial charge in [0.1, 0.15) is 12.1 Å². The van der Waals surface area contributed by atoms with Gasteiger partial charge in [0.15, 0.2) is 16.7 Å². The number of aromatic nitrogens is 2. The SMILES string of the molecule is COc1c(Cl)ncnc1NC(C)c1cccc(F)c1. The number of benzene rings is 1. The lowest BCUT2D eigenvalue weighted by Gasteiger charge is -2.17. The van der Waals surface area contributed by atoms with E-state index in [-0.39, 0.29) is 17.0 Å². The monoisotopic (exact) mass is 281 g/mol. The molecule has 0 saturated heterocycles. The van der Waals surface area contributed by atoms with Gasteiger partial charge in [-0.25, -0.2) is 14.4 Å². The maximum absolute atomic E-state index is 13.2. The number of methoxy groups -OCH3 is 1. The molecule has 1 N–H and O–H groups in total. The van der Waals surface area contributed by atoms with E-state index in [1.54, 1.807) is 6.07 Å². The lowest BCUT2D eigenvalue weighted by molar-refractivity contribution is 0.412. The highest BCUT2D eigenvalue weighted by Crippen LogP contribution is 2.31. The minimum atomic E-state index is -0.279. The summed E-state index contributed by atoms with van der Waals surface area (Å²) >= 11 is 5.91. The second kappa shape index (κ2) is 5.84. The molecule has 0 spiro atoms. The van der Waals surface area contributed by atoms with Gasteiger partial charge in [-0.1, -0.05) is 23.7 Å². The highest BCUT2D eigenvalue weighted by molar-refractivity contribution is 6.31. The van der Waals surface area contributed by atoms with Crippen LogP contribution in [0.5, 0.6) is 5.75 Å². The summed E-state index contributed by atoms with van der Waals surface area (Å²) < 4.78 is 18.3. The molecule has 6 heteroatoms. The van der Waals surface area contributed by atoms with Gasteiger partial charge in [-0.15, -0.1) is 0 Å². The molecule has 0 aliphatic rings. The molecule has 2 aromatic rings. The van der Waals surface area contributed by atoms with Crippen molar-refractivity contribution in [1.29, 1.82) is 0 Å². The predicted molar refractivity (Wildman–Crippen MR) is 72.0 cm³/mol. The van der Waals surface area contributed by atoms with Crippen LogP contribution in [0.15, 0.2) is 30.6 Å². The fourth-order valence-electron chi connectivity index (χ4n) is 1.70. The third kappa shape index (κ3) is 3.12. The molecule has 1 unspecified atom stereocenters. The maximum atomic E-state index is 13.2. The van der Waals surface area contributed by atoms with E-state index in [9.17, 15) is 4.39 Å². The molecule has 1 atom stereocenters. The molecule has 0 saturated carbocycles. The topological polar surface area (TPSA) is 47.0 Å². The van der Waals surface area contributed by atoms with Crippen LogP contribution in [0, 0.1) is 5.82 Å². The molecule has 1 aromatic heterocycles. The van der Waals surface area contributed by atoms with Gasteiger partial charge >= 0.3 is 0 Å². The van der Waals surface area contributed by atoms with E-state index in [0.717, 1.165) is 5.56 Å². The third-order valence-corrected chi connectivity index (χ3v) is 2.94. The molecule has 0 radical (unpaired) electrons. The summed E-state index contributed by atoms with van der Waals surface area (Å²) in [5.74, 6) is 0.561. The molecule has 1 heterocycles. The highest BCUT2D eigenvalue weighted by atomic mass is 35.5. The summed E-state index contributed by atoms with van der Waals surface area (Å²) in [7, 11) is 1.49. The Morgan fingerprint density at radius 2 is 2.16 bits per heavy atom. The Balaban J connectivity index is 2.24. The second-order valence-corrected chi connectivity index (χ2v) is 4.33. The van der Waals surface area contributed by atoms with Crippen molar-refractivity contribution in [3.63, 3.8) is 0 Å². The lowest BCUT2D eigenvalue weighted by atomic mass is 10.1. The fourth-order valence-corrected chi connectivity index (χ4v) is 1.91. The molecular formula is C13H13ClFN3O. The first-order valence-electron chi connectivity index (χ1n) is 5.68. The van der Waals surface area contributed by atoms with Gasteiger partial charge in [0.05, 0.1) is 13.2 Å². The summed E-state index contributed by atoms with van der Waals surface area (Å²) in [6.07, 6.45) is 1.34. The van der Waals surface area contributed by atoms with Gasteiger partial charge in [0.25, 0.3) is 0 Å². The van der Waals surface area contributed by atoms with Crippen LogP contribution in [-0.4, -0.2) is 17.1 Å². The van der Waals surface area contributed by atoms with Crippen molar-refractivity contribution < 1.29 is 9.13 Å². The van der Waals surface area contributed by atoms with Gasteiger partial charge < -0.3 is 10.1 Å². The predicted octanol–water partition coefficient (Wildman–Crippen LogP) is 3.45. The van der Waals surface area contributed by atoms with Crippen LogP contribution >= 0.6 is 11.6 Å². The highest BCUT2D eigenvalue weighted by Gasteiger charge is 2.13. The van der Waals surface area contributed by atoms with Crippen molar-refractivity contribution in [2.24, 2.45) is 0 Å². The van der Waals surface area contributed by atoms with Gasteiger partial charge in [0.2, 0.25) is 0 Å². The number of hydrogen-bond acceptors (Lipinski definition) is 4. The zero-order valence-electron chi connectivity index (χ0n) is 10.5. The Morgan fingerprint density at radius 1 is 1.37 bits per heavy atom. The molecule has 1 aromatic carbocycles. The largest absolute Gasteiger partial charge is 0.490 e. The number of halogens is 2. The van der Waals surface area contributed by atoms with E-state index in [1.165, 1.54) is 25.6 Å². The Morgan fingerprint density at radius 3 is 2.84 bits per heavy atom. The van der Waals surface area contributed by atoms with Crippen LogP contribution in [0.1, 0.15) is 18.5 Å². The van der Waals surface area contributed by atoms with Crippen molar-refractivity contribution >= 4 is 17.4 Å².